The fourth-order valence-corrected chi connectivity index (χ4v) is 1.92. The molecule has 0 bridgehead atoms. The molecule has 3 N–H and O–H groups in total. The molecule has 0 aliphatic rings. The van der Waals surface area contributed by atoms with Gasteiger partial charge in [0.25, 0.3) is 0 Å². The second-order valence-electron chi connectivity index (χ2n) is 5.17. The minimum atomic E-state index is -0.886. The van der Waals surface area contributed by atoms with E-state index in [0.717, 1.165) is 0 Å². The van der Waals surface area contributed by atoms with Gasteiger partial charge >= 0.3 is 6.03 Å². The van der Waals surface area contributed by atoms with Gasteiger partial charge in [-0.1, -0.05) is 19.9 Å². The summed E-state index contributed by atoms with van der Waals surface area (Å²) in [6.07, 6.45) is 1.13. The molecule has 1 aromatic rings. The predicted octanol–water partition coefficient (Wildman–Crippen LogP) is 2.57. The number of nitrogens with one attached hydrogen (secondary N) is 2. The number of aliphatic hydroxyl groups is 1. The molecule has 0 atom stereocenters. The summed E-state index contributed by atoms with van der Waals surface area (Å²) in [5.41, 5.74) is -0.250. The summed E-state index contributed by atoms with van der Waals surface area (Å²) in [6, 6.07) is 4.18. The molecule has 0 heterocycles. The van der Waals surface area contributed by atoms with Crippen molar-refractivity contribution >= 4 is 6.03 Å². The lowest BCUT2D eigenvalue weighted by Crippen LogP contribution is -2.45. The molecule has 0 unspecified atom stereocenters. The van der Waals surface area contributed by atoms with Crippen LogP contribution in [0, 0.1) is 5.82 Å². The highest BCUT2D eigenvalue weighted by Gasteiger charge is 2.22. The molecule has 6 heteroatoms. The summed E-state index contributed by atoms with van der Waals surface area (Å²) in [4.78, 5) is 11.7. The predicted molar refractivity (Wildman–Crippen MR) is 83.3 cm³/mol. The molecule has 0 aliphatic carbocycles. The van der Waals surface area contributed by atoms with Crippen molar-refractivity contribution in [3.8, 4) is 5.75 Å². The Balaban J connectivity index is 2.46. The minimum absolute atomic E-state index is 0.184. The third-order valence-corrected chi connectivity index (χ3v) is 3.64. The molecule has 2 amide bonds. The molecule has 0 aromatic heterocycles. The maximum atomic E-state index is 13.7. The van der Waals surface area contributed by atoms with Gasteiger partial charge in [0.05, 0.1) is 12.2 Å². The molecule has 0 saturated heterocycles. The van der Waals surface area contributed by atoms with E-state index in [1.165, 1.54) is 6.07 Å². The van der Waals surface area contributed by atoms with Crippen molar-refractivity contribution in [1.29, 1.82) is 0 Å². The van der Waals surface area contributed by atoms with Gasteiger partial charge in [0, 0.05) is 13.1 Å². The Bertz CT molecular complexity index is 490. The van der Waals surface area contributed by atoms with Crippen LogP contribution in [0.4, 0.5) is 9.18 Å². The average molecular weight is 312 g/mol. The van der Waals surface area contributed by atoms with E-state index in [1.807, 2.05) is 13.8 Å². The van der Waals surface area contributed by atoms with Gasteiger partial charge in [0.1, 0.15) is 0 Å². The van der Waals surface area contributed by atoms with Gasteiger partial charge < -0.3 is 20.5 Å². The number of hydrogen-bond acceptors (Lipinski definition) is 3. The molecule has 0 fully saturated rings. The number of ether oxygens (including phenoxy) is 1. The fourth-order valence-electron chi connectivity index (χ4n) is 1.92. The highest BCUT2D eigenvalue weighted by Crippen LogP contribution is 2.18. The number of urea groups is 1. The zero-order chi connectivity index (χ0) is 16.6. The molecule has 1 aromatic carbocycles. The van der Waals surface area contributed by atoms with Crippen LogP contribution in [0.5, 0.6) is 5.75 Å². The van der Waals surface area contributed by atoms with Gasteiger partial charge in [-0.3, -0.25) is 0 Å². The standard InChI is InChI=1S/C16H25FN2O3/c1-4-16(21,5-2)11-19-15(20)18-10-12-7-8-14(22-6-3)13(17)9-12/h7-9,21H,4-6,10-11H2,1-3H3,(H2,18,19,20). The van der Waals surface area contributed by atoms with Crippen LogP contribution in [0.25, 0.3) is 0 Å². The maximum Gasteiger partial charge on any atom is 0.315 e. The molecule has 0 spiro atoms. The first-order chi connectivity index (χ1) is 10.4. The van der Waals surface area contributed by atoms with E-state index in [9.17, 15) is 14.3 Å². The summed E-state index contributed by atoms with van der Waals surface area (Å²) in [7, 11) is 0. The smallest absolute Gasteiger partial charge is 0.315 e. The van der Waals surface area contributed by atoms with Crippen LogP contribution < -0.4 is 15.4 Å². The average Bonchev–Trinajstić information content (AvgIpc) is 2.53. The maximum absolute atomic E-state index is 13.7. The summed E-state index contributed by atoms with van der Waals surface area (Å²) in [5, 5.41) is 15.3. The normalized spacial score (nSPS) is 11.1. The molecule has 5 nitrogen and oxygen atoms in total. The summed E-state index contributed by atoms with van der Waals surface area (Å²) in [5.74, 6) is -0.250. The summed E-state index contributed by atoms with van der Waals surface area (Å²) >= 11 is 0. The molecule has 0 aliphatic heterocycles. The quantitative estimate of drug-likeness (QED) is 0.691. The Morgan fingerprint density at radius 3 is 2.50 bits per heavy atom. The van der Waals surface area contributed by atoms with Crippen LogP contribution in [0.2, 0.25) is 0 Å². The van der Waals surface area contributed by atoms with E-state index in [2.05, 4.69) is 10.6 Å². The van der Waals surface area contributed by atoms with Crippen molar-refractivity contribution in [1.82, 2.24) is 10.6 Å². The fraction of sp³-hybridized carbons (Fsp3) is 0.562. The van der Waals surface area contributed by atoms with Gasteiger partial charge in [0.2, 0.25) is 0 Å². The Kier molecular flexibility index (Phi) is 7.11. The third kappa shape index (κ3) is 5.52. The first-order valence-corrected chi connectivity index (χ1v) is 7.59. The molecular formula is C16H25FN2O3. The minimum Gasteiger partial charge on any atom is -0.491 e. The lowest BCUT2D eigenvalue weighted by Gasteiger charge is -2.25. The topological polar surface area (TPSA) is 70.6 Å². The lowest BCUT2D eigenvalue weighted by molar-refractivity contribution is 0.0349. The largest absolute Gasteiger partial charge is 0.491 e. The van der Waals surface area contributed by atoms with Gasteiger partial charge in [-0.2, -0.15) is 0 Å². The first-order valence-electron chi connectivity index (χ1n) is 7.59. The Hall–Kier alpha value is -1.82. The van der Waals surface area contributed by atoms with Crippen molar-refractivity contribution in [2.75, 3.05) is 13.2 Å². The highest BCUT2D eigenvalue weighted by atomic mass is 19.1. The van der Waals surface area contributed by atoms with E-state index in [4.69, 9.17) is 4.74 Å². The van der Waals surface area contributed by atoms with Crippen LogP contribution in [0.15, 0.2) is 18.2 Å². The number of carbonyl (C=O) groups is 1. The van der Waals surface area contributed by atoms with Crippen molar-refractivity contribution in [3.63, 3.8) is 0 Å². The Labute approximate surface area is 130 Å². The Morgan fingerprint density at radius 1 is 1.27 bits per heavy atom. The van der Waals surface area contributed by atoms with Crippen molar-refractivity contribution in [2.24, 2.45) is 0 Å². The van der Waals surface area contributed by atoms with Crippen molar-refractivity contribution < 1.29 is 19.0 Å². The van der Waals surface area contributed by atoms with E-state index in [-0.39, 0.29) is 18.8 Å². The number of halogens is 1. The molecule has 0 radical (unpaired) electrons. The molecular weight excluding hydrogens is 287 g/mol. The van der Waals surface area contributed by atoms with E-state index < -0.39 is 17.4 Å². The SMILES string of the molecule is CCOc1ccc(CNC(=O)NCC(O)(CC)CC)cc1F. The van der Waals surface area contributed by atoms with Gasteiger partial charge in [-0.25, -0.2) is 9.18 Å². The van der Waals surface area contributed by atoms with Gasteiger partial charge in [-0.05, 0) is 37.5 Å². The van der Waals surface area contributed by atoms with Gasteiger partial charge in [-0.15, -0.1) is 0 Å². The number of rotatable bonds is 8. The number of amides is 2. The van der Waals surface area contributed by atoms with E-state index in [0.29, 0.717) is 25.0 Å². The molecule has 0 saturated carbocycles. The van der Waals surface area contributed by atoms with Crippen LogP contribution in [-0.4, -0.2) is 29.9 Å². The molecule has 22 heavy (non-hydrogen) atoms. The number of hydrogen-bond donors (Lipinski definition) is 3. The zero-order valence-electron chi connectivity index (χ0n) is 13.4. The van der Waals surface area contributed by atoms with E-state index >= 15 is 0 Å². The van der Waals surface area contributed by atoms with Gasteiger partial charge in [0.15, 0.2) is 11.6 Å². The third-order valence-electron chi connectivity index (χ3n) is 3.64. The van der Waals surface area contributed by atoms with Crippen LogP contribution in [-0.2, 0) is 6.54 Å². The highest BCUT2D eigenvalue weighted by molar-refractivity contribution is 5.73. The summed E-state index contributed by atoms with van der Waals surface area (Å²) in [6.45, 7) is 6.30. The second kappa shape index (κ2) is 8.58. The molecule has 124 valence electrons. The monoisotopic (exact) mass is 312 g/mol. The Morgan fingerprint density at radius 2 is 1.95 bits per heavy atom. The number of carbonyl (C=O) groups excluding carboxylic acids is 1. The van der Waals surface area contributed by atoms with Crippen LogP contribution >= 0.6 is 0 Å². The van der Waals surface area contributed by atoms with E-state index in [1.54, 1.807) is 19.1 Å². The van der Waals surface area contributed by atoms with Crippen molar-refractivity contribution in [3.05, 3.63) is 29.6 Å². The van der Waals surface area contributed by atoms with Crippen molar-refractivity contribution in [2.45, 2.75) is 45.8 Å². The van der Waals surface area contributed by atoms with Crippen LogP contribution in [0.3, 0.4) is 0 Å². The second-order valence-corrected chi connectivity index (χ2v) is 5.17. The summed E-state index contributed by atoms with van der Waals surface area (Å²) < 4.78 is 18.8. The van der Waals surface area contributed by atoms with Crippen LogP contribution in [0.1, 0.15) is 39.2 Å². The lowest BCUT2D eigenvalue weighted by atomic mass is 9.98. The molecule has 1 rings (SSSR count). The zero-order valence-corrected chi connectivity index (χ0v) is 13.4. The first kappa shape index (κ1) is 18.2. The number of benzene rings is 1.